The zero-order valence-corrected chi connectivity index (χ0v) is 63.2. The lowest BCUT2D eigenvalue weighted by Crippen LogP contribution is -2.72. The summed E-state index contributed by atoms with van der Waals surface area (Å²) < 4.78 is 103. The highest BCUT2D eigenvalue weighted by molar-refractivity contribution is 5.74. The second-order valence-electron chi connectivity index (χ2n) is 31.4. The van der Waals surface area contributed by atoms with Crippen molar-refractivity contribution in [3.05, 3.63) is 0 Å². The van der Waals surface area contributed by atoms with Gasteiger partial charge < -0.3 is 224 Å². The molecule has 9 aliphatic heterocycles. The van der Waals surface area contributed by atoms with Crippen LogP contribution in [0.2, 0.25) is 0 Å². The topological polar surface area (TPSA) is 759 Å². The third-order valence-electron chi connectivity index (χ3n) is 22.9. The molecule has 0 aromatic rings. The lowest BCUT2D eigenvalue weighted by molar-refractivity contribution is -0.412. The molecule has 0 bridgehead atoms. The monoisotopic (exact) mass is 1690 g/mol. The number of aliphatic hydroxyl groups excluding tert-OH is 20. The van der Waals surface area contributed by atoms with Crippen LogP contribution in [0.4, 0.5) is 0 Å². The normalized spacial score (nSPS) is 49.4. The van der Waals surface area contributed by atoms with Gasteiger partial charge in [0.2, 0.25) is 23.6 Å². The number of hydrogen-bond donors (Lipinski definition) is 28. The second kappa shape index (κ2) is 38.2. The quantitative estimate of drug-likeness (QED) is 0.0324. The summed E-state index contributed by atoms with van der Waals surface area (Å²) in [6, 6.07) is -6.86. The maximum Gasteiger partial charge on any atom is 0.217 e. The summed E-state index contributed by atoms with van der Waals surface area (Å²) in [5.74, 6) is -11.5. The van der Waals surface area contributed by atoms with E-state index in [1.165, 1.54) is 0 Å². The number of fused-ring (bicyclic) bond motifs is 2. The summed E-state index contributed by atoms with van der Waals surface area (Å²) >= 11 is 0. The van der Waals surface area contributed by atoms with Gasteiger partial charge in [0.25, 0.3) is 0 Å². The first-order valence-corrected chi connectivity index (χ1v) is 37.9. The van der Waals surface area contributed by atoms with Crippen LogP contribution in [0.5, 0.6) is 0 Å². The van der Waals surface area contributed by atoms with Crippen molar-refractivity contribution in [1.29, 1.82) is 0 Å². The molecule has 11 rings (SSSR count). The van der Waals surface area contributed by atoms with Crippen LogP contribution in [0.15, 0.2) is 0 Å². The first-order valence-electron chi connectivity index (χ1n) is 37.9. The number of amides is 4. The van der Waals surface area contributed by atoms with Gasteiger partial charge in [0.05, 0.1) is 94.6 Å². The summed E-state index contributed by atoms with van der Waals surface area (Å²) in [5, 5.41) is 280. The van der Waals surface area contributed by atoms with E-state index in [2.05, 4.69) is 21.3 Å². The molecule has 0 aromatic carbocycles. The van der Waals surface area contributed by atoms with E-state index in [9.17, 15) is 142 Å². The van der Waals surface area contributed by atoms with Gasteiger partial charge in [-0.15, -0.1) is 0 Å². The van der Waals surface area contributed by atoms with Crippen molar-refractivity contribution < 1.29 is 222 Å². The molecular formula is C67H110N4O45. The molecule has 668 valence electrons. The minimum atomic E-state index is -2.55. The predicted molar refractivity (Wildman–Crippen MR) is 360 cm³/mol. The van der Waals surface area contributed by atoms with Crippen LogP contribution in [0.3, 0.4) is 0 Å². The number of aliphatic hydroxyl groups is 24. The van der Waals surface area contributed by atoms with Gasteiger partial charge >= 0.3 is 0 Å². The van der Waals surface area contributed by atoms with E-state index >= 15 is 0 Å². The van der Waals surface area contributed by atoms with Gasteiger partial charge in [-0.25, -0.2) is 0 Å². The Morgan fingerprint density at radius 1 is 0.310 bits per heavy atom. The van der Waals surface area contributed by atoms with E-state index < -0.39 is 376 Å². The summed E-state index contributed by atoms with van der Waals surface area (Å²) in [5.41, 5.74) is 0. The van der Waals surface area contributed by atoms with Gasteiger partial charge in [-0.1, -0.05) is 13.8 Å². The van der Waals surface area contributed by atoms with Crippen LogP contribution < -0.4 is 21.3 Å². The molecule has 28 N–H and O–H groups in total. The van der Waals surface area contributed by atoms with Crippen molar-refractivity contribution in [3.8, 4) is 0 Å². The number of hydrogen-bond acceptors (Lipinski definition) is 45. The Bertz CT molecular complexity index is 3240. The van der Waals surface area contributed by atoms with E-state index in [0.717, 1.165) is 27.7 Å². The molecule has 116 heavy (non-hydrogen) atoms. The maximum absolute atomic E-state index is 13.1. The summed E-state index contributed by atoms with van der Waals surface area (Å²) in [6.45, 7) is -0.174. The Kier molecular flexibility index (Phi) is 30.6. The molecule has 49 nitrogen and oxygen atoms in total. The number of ether oxygens (including phenoxy) is 17. The molecule has 0 radical (unpaired) electrons. The first kappa shape index (κ1) is 92.9. The Labute approximate surface area is 659 Å². The SMILES string of the molecule is CC(=O)NC1C(OC2C(OCC3OC(OC4C(CO)OC(OC5C(CO)OC(C(C)C)C(NC(C)=O)C5O)C(NC(C)=O)C4O)C(O)C(OC4OC(CO)C(O)C(O)C4OC4OC(CO)C(OC5OC6CC(O)(O)C6C(O)C5O)C(O)C4NC(C)=O)C3O)OC(CO)C(O)C2O)OC(CO)C(OC2OC3CC(O)(O)C3C(O)C2O)C1O. The van der Waals surface area contributed by atoms with Gasteiger partial charge in [0.1, 0.15) is 177 Å². The van der Waals surface area contributed by atoms with Gasteiger partial charge in [-0.2, -0.15) is 0 Å². The minimum absolute atomic E-state index is 0.403. The van der Waals surface area contributed by atoms with E-state index in [4.69, 9.17) is 80.5 Å². The van der Waals surface area contributed by atoms with Crippen molar-refractivity contribution in [2.75, 3.05) is 46.2 Å². The molecule has 4 amide bonds. The fraction of sp³-hybridized carbons (Fsp3) is 0.940. The van der Waals surface area contributed by atoms with Crippen molar-refractivity contribution >= 4 is 23.6 Å². The fourth-order valence-electron chi connectivity index (χ4n) is 16.8. The van der Waals surface area contributed by atoms with Crippen molar-refractivity contribution in [2.24, 2.45) is 17.8 Å². The zero-order valence-electron chi connectivity index (χ0n) is 63.2. The first-order chi connectivity index (χ1) is 54.6. The second-order valence-corrected chi connectivity index (χ2v) is 31.4. The molecule has 0 aromatic heterocycles. The Hall–Kier alpha value is -3.76. The largest absolute Gasteiger partial charge is 0.394 e. The van der Waals surface area contributed by atoms with Crippen molar-refractivity contribution in [2.45, 2.75) is 330 Å². The van der Waals surface area contributed by atoms with Crippen molar-refractivity contribution in [1.82, 2.24) is 21.3 Å². The molecule has 45 atom stereocenters. The van der Waals surface area contributed by atoms with Crippen LogP contribution in [-0.4, -0.2) is 468 Å². The molecule has 0 spiro atoms. The molecule has 49 heteroatoms. The average molecular weight is 1690 g/mol. The number of carbonyl (C=O) groups is 4. The third-order valence-corrected chi connectivity index (χ3v) is 22.9. The fourth-order valence-corrected chi connectivity index (χ4v) is 16.8. The van der Waals surface area contributed by atoms with E-state index in [0.29, 0.717) is 0 Å². The number of rotatable bonds is 28. The van der Waals surface area contributed by atoms with Crippen LogP contribution in [0, 0.1) is 17.8 Å². The Morgan fingerprint density at radius 2 is 0.603 bits per heavy atom. The van der Waals surface area contributed by atoms with Gasteiger partial charge in [0, 0.05) is 40.5 Å². The van der Waals surface area contributed by atoms with Crippen LogP contribution in [0.25, 0.3) is 0 Å². The standard InChI is InChI=1S/C67H110N4O45/c1-16(2)50-32(68-17(3)78)41(87)51(25(11-74)101-50)110-58-33(69-18(4)79)42(88)54(28(14-77)106-58)113-63-49(95)55(114-65-57(46(92)37(83)24(10-73)105-65)116-60-35(71-20(6)81)44(90)53(27(13-76)108-60)112-62-48(94)40(86)31-22(103-62)8-67(31,98)99)38(84)29(109-63)15-100-64-56(45(91)36(82)23(9-72)104-64)115-59-34(70-19(5)80)43(89)52(26(12-75)107-59)111-61-47(93)39(85)30-21(102-61)7-66(30,96)97/h16,21-65,72-77,82-99H,7-15H2,1-6H3,(H,68,78)(H,69,79)(H,70,80)(H,71,81). The van der Waals surface area contributed by atoms with E-state index in [1.54, 1.807) is 13.8 Å². The lowest BCUT2D eigenvalue weighted by atomic mass is 9.69. The summed E-state index contributed by atoms with van der Waals surface area (Å²) in [4.78, 5) is 51.5. The third kappa shape index (κ3) is 19.0. The minimum Gasteiger partial charge on any atom is -0.394 e. The Morgan fingerprint density at radius 3 is 0.957 bits per heavy atom. The molecule has 9 saturated heterocycles. The van der Waals surface area contributed by atoms with Crippen molar-refractivity contribution in [3.63, 3.8) is 0 Å². The predicted octanol–water partition coefficient (Wildman–Crippen LogP) is -17.7. The molecule has 45 unspecified atom stereocenters. The summed E-state index contributed by atoms with van der Waals surface area (Å²) in [7, 11) is 0. The molecule has 9 heterocycles. The van der Waals surface area contributed by atoms with Gasteiger partial charge in [0.15, 0.2) is 61.9 Å². The highest BCUT2D eigenvalue weighted by Crippen LogP contribution is 2.49. The average Bonchev–Trinajstić information content (AvgIpc) is 0.726. The zero-order chi connectivity index (χ0) is 85.1. The van der Waals surface area contributed by atoms with E-state index in [1.807, 2.05) is 0 Å². The van der Waals surface area contributed by atoms with E-state index in [-0.39, 0.29) is 0 Å². The van der Waals surface area contributed by atoms with Crippen LogP contribution >= 0.6 is 0 Å². The highest BCUT2D eigenvalue weighted by atomic mass is 16.8. The van der Waals surface area contributed by atoms with Gasteiger partial charge in [-0.05, 0) is 5.92 Å². The van der Waals surface area contributed by atoms with Crippen LogP contribution in [-0.2, 0) is 99.7 Å². The maximum atomic E-state index is 13.1. The number of carbonyl (C=O) groups excluding carboxylic acids is 4. The molecule has 11 aliphatic rings. The Balaban J connectivity index is 0.902. The number of nitrogens with one attached hydrogen (secondary N) is 4. The van der Waals surface area contributed by atoms with Gasteiger partial charge in [-0.3, -0.25) is 19.2 Å². The lowest BCUT2D eigenvalue weighted by Gasteiger charge is -2.56. The van der Waals surface area contributed by atoms with Crippen LogP contribution in [0.1, 0.15) is 54.4 Å². The molecule has 2 saturated carbocycles. The summed E-state index contributed by atoms with van der Waals surface area (Å²) in [6.07, 6.45) is -78.2. The molecule has 2 aliphatic carbocycles. The highest BCUT2D eigenvalue weighted by Gasteiger charge is 2.67. The molecule has 11 fully saturated rings. The molecular weight excluding hydrogens is 1580 g/mol. The smallest absolute Gasteiger partial charge is 0.217 e.